The third-order valence-corrected chi connectivity index (χ3v) is 7.79. The van der Waals surface area contributed by atoms with Crippen LogP contribution in [0.4, 0.5) is 0 Å². The maximum absolute atomic E-state index is 11.9. The molecule has 3 unspecified atom stereocenters. The van der Waals surface area contributed by atoms with E-state index in [1.54, 1.807) is 24.3 Å². The Hall–Kier alpha value is -1.25. The quantitative estimate of drug-likeness (QED) is 0.774. The highest BCUT2D eigenvalue weighted by molar-refractivity contribution is 7.91. The van der Waals surface area contributed by atoms with Gasteiger partial charge >= 0.3 is 0 Å². The van der Waals surface area contributed by atoms with E-state index in [1.807, 2.05) is 19.9 Å². The fourth-order valence-corrected chi connectivity index (χ4v) is 6.08. The monoisotopic (exact) mass is 387 g/mol. The summed E-state index contributed by atoms with van der Waals surface area (Å²) >= 11 is 0. The van der Waals surface area contributed by atoms with Crippen molar-refractivity contribution in [3.63, 3.8) is 0 Å². The first-order chi connectivity index (χ1) is 11.3. The largest absolute Gasteiger partial charge is 0.299 e. The second-order valence-electron chi connectivity index (χ2n) is 7.55. The molecule has 2 N–H and O–H groups in total. The van der Waals surface area contributed by atoms with Crippen LogP contribution in [-0.2, 0) is 24.6 Å². The molecule has 6 nitrogen and oxygen atoms in total. The van der Waals surface area contributed by atoms with Gasteiger partial charge in [0.15, 0.2) is 0 Å². The number of hydrogen-bond donors (Lipinski definition) is 2. The molecule has 0 saturated heterocycles. The molecule has 2 aliphatic carbocycles. The van der Waals surface area contributed by atoms with Gasteiger partial charge in [-0.1, -0.05) is 32.0 Å². The predicted octanol–water partition coefficient (Wildman–Crippen LogP) is 2.99. The van der Waals surface area contributed by atoms with Gasteiger partial charge in [0.05, 0.1) is 20.9 Å². The molecule has 2 bridgehead atoms. The Labute approximate surface area is 149 Å². The third-order valence-electron chi connectivity index (χ3n) is 5.76. The van der Waals surface area contributed by atoms with Crippen molar-refractivity contribution in [3.8, 4) is 0 Å². The van der Waals surface area contributed by atoms with E-state index in [9.17, 15) is 17.4 Å². The van der Waals surface area contributed by atoms with E-state index in [0.717, 1.165) is 6.42 Å². The van der Waals surface area contributed by atoms with Gasteiger partial charge in [0, 0.05) is 17.6 Å². The van der Waals surface area contributed by atoms with E-state index in [0.29, 0.717) is 17.7 Å². The SMILES string of the molecule is CC1(C)C2CCC1(CS(=O)(=O)O)C(=O)C2.CS(=N)(=O)c1ccccc1. The van der Waals surface area contributed by atoms with Gasteiger partial charge in [0.25, 0.3) is 10.1 Å². The van der Waals surface area contributed by atoms with E-state index in [-0.39, 0.29) is 17.1 Å². The van der Waals surface area contributed by atoms with E-state index >= 15 is 0 Å². The second kappa shape index (κ2) is 6.48. The lowest BCUT2D eigenvalue weighted by Crippen LogP contribution is -2.42. The van der Waals surface area contributed by atoms with Crippen LogP contribution < -0.4 is 0 Å². The van der Waals surface area contributed by atoms with Crippen LogP contribution in [0.3, 0.4) is 0 Å². The summed E-state index contributed by atoms with van der Waals surface area (Å²) in [7, 11) is -6.58. The maximum atomic E-state index is 11.9. The first kappa shape index (κ1) is 20.1. The molecule has 1 aromatic carbocycles. The first-order valence-electron chi connectivity index (χ1n) is 8.07. The van der Waals surface area contributed by atoms with Crippen molar-refractivity contribution in [3.05, 3.63) is 30.3 Å². The van der Waals surface area contributed by atoms with Gasteiger partial charge in [0.1, 0.15) is 5.78 Å². The van der Waals surface area contributed by atoms with Crippen molar-refractivity contribution in [2.45, 2.75) is 38.0 Å². The summed E-state index contributed by atoms with van der Waals surface area (Å²) in [6.45, 7) is 3.89. The predicted molar refractivity (Wildman–Crippen MR) is 96.5 cm³/mol. The van der Waals surface area contributed by atoms with Crippen LogP contribution in [0, 0.1) is 21.5 Å². The zero-order valence-electron chi connectivity index (χ0n) is 14.7. The van der Waals surface area contributed by atoms with Gasteiger partial charge in [-0.2, -0.15) is 8.42 Å². The highest BCUT2D eigenvalue weighted by atomic mass is 32.2. The number of rotatable bonds is 3. The molecule has 140 valence electrons. The van der Waals surface area contributed by atoms with Crippen LogP contribution in [0.25, 0.3) is 0 Å². The lowest BCUT2D eigenvalue weighted by molar-refractivity contribution is -0.128. The van der Waals surface area contributed by atoms with Crippen LogP contribution >= 0.6 is 0 Å². The standard InChI is InChI=1S/C10H16O4S.C7H9NOS/c1-9(2)7-3-4-10(9,8(11)5-7)6-15(12,13)14;1-10(8,9)7-5-3-2-4-6-7/h7H,3-6H2,1-2H3,(H,12,13,14);2-6,8H,1H3. The molecule has 2 saturated carbocycles. The number of fused-ring (bicyclic) bond motifs is 2. The normalized spacial score (nSPS) is 29.6. The van der Waals surface area contributed by atoms with Crippen LogP contribution in [0.15, 0.2) is 35.2 Å². The van der Waals surface area contributed by atoms with Crippen molar-refractivity contribution in [1.82, 2.24) is 0 Å². The van der Waals surface area contributed by atoms with Crippen LogP contribution in [0.5, 0.6) is 0 Å². The molecule has 0 amide bonds. The van der Waals surface area contributed by atoms with Crippen molar-refractivity contribution in [2.75, 3.05) is 12.0 Å². The molecule has 0 heterocycles. The molecule has 3 rings (SSSR count). The number of ketones is 1. The molecule has 0 aliphatic heterocycles. The van der Waals surface area contributed by atoms with Gasteiger partial charge in [-0.05, 0) is 36.3 Å². The summed E-state index contributed by atoms with van der Waals surface area (Å²) in [5.41, 5.74) is -1.12. The molecule has 0 radical (unpaired) electrons. The Morgan fingerprint density at radius 1 is 1.20 bits per heavy atom. The van der Waals surface area contributed by atoms with Gasteiger partial charge in [-0.25, -0.2) is 8.99 Å². The summed E-state index contributed by atoms with van der Waals surface area (Å²) in [6, 6.07) is 8.82. The fraction of sp³-hybridized carbons (Fsp3) is 0.588. The Kier molecular flexibility index (Phi) is 5.20. The lowest BCUT2D eigenvalue weighted by Gasteiger charge is -2.35. The lowest BCUT2D eigenvalue weighted by atomic mass is 9.70. The molecule has 3 atom stereocenters. The molecule has 0 spiro atoms. The highest BCUT2D eigenvalue weighted by Gasteiger charge is 2.65. The fourth-order valence-electron chi connectivity index (χ4n) is 4.10. The zero-order valence-corrected chi connectivity index (χ0v) is 16.3. The van der Waals surface area contributed by atoms with Gasteiger partial charge in [-0.15, -0.1) is 0 Å². The molecule has 2 aliphatic rings. The average molecular weight is 388 g/mol. The number of Topliss-reactive ketones (excluding diaryl/α,β-unsaturated/α-hetero) is 1. The van der Waals surface area contributed by atoms with Gasteiger partial charge in [-0.3, -0.25) is 9.35 Å². The van der Waals surface area contributed by atoms with Crippen LogP contribution in [-0.4, -0.2) is 35.0 Å². The second-order valence-corrected chi connectivity index (χ2v) is 11.2. The summed E-state index contributed by atoms with van der Waals surface area (Å²) in [5.74, 6) is -0.101. The maximum Gasteiger partial charge on any atom is 0.265 e. The number of hydrogen-bond acceptors (Lipinski definition) is 5. The Balaban J connectivity index is 0.000000196. The van der Waals surface area contributed by atoms with Crippen LogP contribution in [0.1, 0.15) is 33.1 Å². The molecule has 1 aromatic rings. The number of carbonyl (C=O) groups is 1. The summed E-state index contributed by atoms with van der Waals surface area (Å²) in [6.07, 6.45) is 3.39. The van der Waals surface area contributed by atoms with E-state index in [1.165, 1.54) is 6.26 Å². The number of nitrogens with one attached hydrogen (secondary N) is 1. The summed E-state index contributed by atoms with van der Waals surface area (Å²) in [4.78, 5) is 12.5. The average Bonchev–Trinajstić information content (AvgIpc) is 2.80. The minimum Gasteiger partial charge on any atom is -0.299 e. The molecule has 8 heteroatoms. The Morgan fingerprint density at radius 3 is 2.08 bits per heavy atom. The van der Waals surface area contributed by atoms with E-state index in [4.69, 9.17) is 9.33 Å². The van der Waals surface area contributed by atoms with Crippen molar-refractivity contribution in [1.29, 1.82) is 4.78 Å². The van der Waals surface area contributed by atoms with Crippen molar-refractivity contribution in [2.24, 2.45) is 16.7 Å². The first-order valence-corrected chi connectivity index (χ1v) is 11.6. The topological polar surface area (TPSA) is 112 Å². The van der Waals surface area contributed by atoms with Crippen LogP contribution in [0.2, 0.25) is 0 Å². The number of benzene rings is 1. The van der Waals surface area contributed by atoms with Crippen molar-refractivity contribution < 1.29 is 22.0 Å². The summed E-state index contributed by atoms with van der Waals surface area (Å²) in [5, 5.41) is 0. The third kappa shape index (κ3) is 3.96. The van der Waals surface area contributed by atoms with E-state index < -0.39 is 31.0 Å². The van der Waals surface area contributed by atoms with Crippen molar-refractivity contribution >= 4 is 25.6 Å². The zero-order chi connectivity index (χ0) is 19.1. The number of carbonyl (C=O) groups excluding carboxylic acids is 1. The van der Waals surface area contributed by atoms with Gasteiger partial charge in [0.2, 0.25) is 0 Å². The van der Waals surface area contributed by atoms with E-state index in [2.05, 4.69) is 0 Å². The smallest absolute Gasteiger partial charge is 0.265 e. The molecule has 0 aromatic heterocycles. The highest BCUT2D eigenvalue weighted by Crippen LogP contribution is 2.64. The Morgan fingerprint density at radius 2 is 1.76 bits per heavy atom. The summed E-state index contributed by atoms with van der Waals surface area (Å²) < 4.78 is 49.2. The van der Waals surface area contributed by atoms with Gasteiger partial charge < -0.3 is 0 Å². The minimum absolute atomic E-state index is 0.0152. The molecular formula is C17H25NO5S2. The molecular weight excluding hydrogens is 362 g/mol. The molecule has 2 fully saturated rings. The minimum atomic E-state index is -4.08. The Bertz CT molecular complexity index is 860. The molecule has 25 heavy (non-hydrogen) atoms.